The van der Waals surface area contributed by atoms with E-state index in [2.05, 4.69) is 17.2 Å². The minimum Gasteiger partial charge on any atom is -0.334 e. The van der Waals surface area contributed by atoms with Gasteiger partial charge in [0.05, 0.1) is 18.3 Å². The minimum atomic E-state index is -0.00128. The number of rotatable bonds is 4. The highest BCUT2D eigenvalue weighted by Crippen LogP contribution is 2.21. The average molecular weight is 312 g/mol. The zero-order valence-electron chi connectivity index (χ0n) is 13.6. The number of nitrogens with two attached hydrogens (primary N) is 1. The number of hydrogen-bond acceptors (Lipinski definition) is 3. The normalized spacial score (nSPS) is 19.6. The van der Waals surface area contributed by atoms with Gasteiger partial charge in [-0.1, -0.05) is 30.3 Å². The van der Waals surface area contributed by atoms with Crippen LogP contribution in [0.25, 0.3) is 0 Å². The molecule has 23 heavy (non-hydrogen) atoms. The Kier molecular flexibility index (Phi) is 4.76. The molecule has 5 nitrogen and oxygen atoms in total. The van der Waals surface area contributed by atoms with Crippen LogP contribution >= 0.6 is 0 Å². The van der Waals surface area contributed by atoms with Crippen LogP contribution in [0.5, 0.6) is 0 Å². The Balaban J connectivity index is 1.72. The Hall–Kier alpha value is -2.14. The van der Waals surface area contributed by atoms with Gasteiger partial charge in [-0.2, -0.15) is 5.10 Å². The van der Waals surface area contributed by atoms with Gasteiger partial charge >= 0.3 is 0 Å². The summed E-state index contributed by atoms with van der Waals surface area (Å²) < 4.78 is 1.81. The third-order valence-electron chi connectivity index (χ3n) is 4.48. The lowest BCUT2D eigenvalue weighted by Gasteiger charge is -2.37. The molecule has 122 valence electrons. The zero-order valence-corrected chi connectivity index (χ0v) is 13.6. The van der Waals surface area contributed by atoms with E-state index in [1.165, 1.54) is 5.56 Å². The van der Waals surface area contributed by atoms with Gasteiger partial charge in [0, 0.05) is 24.8 Å². The molecule has 0 saturated carbocycles. The van der Waals surface area contributed by atoms with E-state index in [0.29, 0.717) is 12.1 Å². The van der Waals surface area contributed by atoms with E-state index in [1.54, 1.807) is 6.20 Å². The van der Waals surface area contributed by atoms with Crippen LogP contribution in [0.15, 0.2) is 42.7 Å². The van der Waals surface area contributed by atoms with E-state index in [1.807, 2.05) is 40.9 Å². The Morgan fingerprint density at radius 2 is 2.13 bits per heavy atom. The molecule has 5 heteroatoms. The highest BCUT2D eigenvalue weighted by atomic mass is 16.2. The SMILES string of the molecule is CC(N)C1CCCCN1C(=O)c1cnn(Cc2ccccc2)c1. The maximum Gasteiger partial charge on any atom is 0.257 e. The Morgan fingerprint density at radius 3 is 2.87 bits per heavy atom. The van der Waals surface area contributed by atoms with Gasteiger partial charge in [0.25, 0.3) is 5.91 Å². The van der Waals surface area contributed by atoms with Crippen LogP contribution < -0.4 is 5.73 Å². The van der Waals surface area contributed by atoms with Gasteiger partial charge in [0.15, 0.2) is 0 Å². The first-order valence-corrected chi connectivity index (χ1v) is 8.28. The largest absolute Gasteiger partial charge is 0.334 e. The fourth-order valence-electron chi connectivity index (χ4n) is 3.25. The van der Waals surface area contributed by atoms with Crippen LogP contribution in [0.4, 0.5) is 0 Å². The summed E-state index contributed by atoms with van der Waals surface area (Å²) in [6.07, 6.45) is 6.68. The molecule has 3 rings (SSSR count). The maximum atomic E-state index is 12.8. The molecule has 0 radical (unpaired) electrons. The number of piperidine rings is 1. The third kappa shape index (κ3) is 3.62. The standard InChI is InChI=1S/C18H24N4O/c1-14(19)17-9-5-6-10-22(17)18(23)16-11-20-21(13-16)12-15-7-3-2-4-8-15/h2-4,7-8,11,13-14,17H,5-6,9-10,12,19H2,1H3. The maximum absolute atomic E-state index is 12.8. The van der Waals surface area contributed by atoms with Crippen LogP contribution in [0.3, 0.4) is 0 Å². The molecule has 2 unspecified atom stereocenters. The molecule has 1 aromatic heterocycles. The van der Waals surface area contributed by atoms with Crippen molar-refractivity contribution < 1.29 is 4.79 Å². The number of nitrogens with zero attached hydrogens (tertiary/aromatic N) is 3. The van der Waals surface area contributed by atoms with Crippen molar-refractivity contribution in [3.63, 3.8) is 0 Å². The summed E-state index contributed by atoms with van der Waals surface area (Å²) in [7, 11) is 0. The van der Waals surface area contributed by atoms with Crippen molar-refractivity contribution >= 4 is 5.91 Å². The molecule has 0 bridgehead atoms. The van der Waals surface area contributed by atoms with E-state index >= 15 is 0 Å². The van der Waals surface area contributed by atoms with Gasteiger partial charge < -0.3 is 10.6 Å². The average Bonchev–Trinajstić information content (AvgIpc) is 3.03. The fourth-order valence-corrected chi connectivity index (χ4v) is 3.25. The fraction of sp³-hybridized carbons (Fsp3) is 0.444. The number of carbonyl (C=O) groups excluding carboxylic acids is 1. The number of benzene rings is 1. The van der Waals surface area contributed by atoms with Gasteiger partial charge in [-0.3, -0.25) is 9.48 Å². The second-order valence-corrected chi connectivity index (χ2v) is 6.33. The van der Waals surface area contributed by atoms with Crippen LogP contribution in [0, 0.1) is 0 Å². The van der Waals surface area contributed by atoms with Crippen LogP contribution in [0.2, 0.25) is 0 Å². The molecule has 1 aromatic carbocycles. The highest BCUT2D eigenvalue weighted by molar-refractivity contribution is 5.94. The lowest BCUT2D eigenvalue weighted by Crippen LogP contribution is -2.51. The summed E-state index contributed by atoms with van der Waals surface area (Å²) in [6.45, 7) is 3.44. The molecule has 1 saturated heterocycles. The highest BCUT2D eigenvalue weighted by Gasteiger charge is 2.30. The van der Waals surface area contributed by atoms with E-state index in [-0.39, 0.29) is 18.0 Å². The van der Waals surface area contributed by atoms with Gasteiger partial charge in [-0.05, 0) is 31.7 Å². The number of hydrogen-bond donors (Lipinski definition) is 1. The molecule has 2 heterocycles. The first-order chi connectivity index (χ1) is 11.1. The number of aromatic nitrogens is 2. The van der Waals surface area contributed by atoms with E-state index in [0.717, 1.165) is 25.8 Å². The molecule has 1 aliphatic heterocycles. The minimum absolute atomic E-state index is 0.00128. The lowest BCUT2D eigenvalue weighted by molar-refractivity contribution is 0.0583. The number of carbonyl (C=O) groups is 1. The number of amides is 1. The van der Waals surface area contributed by atoms with Crippen molar-refractivity contribution in [2.45, 2.75) is 44.8 Å². The van der Waals surface area contributed by atoms with Crippen LogP contribution in [-0.2, 0) is 6.54 Å². The van der Waals surface area contributed by atoms with Crippen molar-refractivity contribution in [1.29, 1.82) is 0 Å². The predicted octanol–water partition coefficient (Wildman–Crippen LogP) is 2.27. The lowest BCUT2D eigenvalue weighted by atomic mass is 9.96. The van der Waals surface area contributed by atoms with Gasteiger partial charge in [0.2, 0.25) is 0 Å². The van der Waals surface area contributed by atoms with Gasteiger partial charge in [0.1, 0.15) is 0 Å². The molecule has 0 aliphatic carbocycles. The van der Waals surface area contributed by atoms with Crippen LogP contribution in [-0.4, -0.2) is 39.2 Å². The quantitative estimate of drug-likeness (QED) is 0.942. The summed E-state index contributed by atoms with van der Waals surface area (Å²) in [4.78, 5) is 14.7. The summed E-state index contributed by atoms with van der Waals surface area (Å²) in [6, 6.07) is 10.2. The topological polar surface area (TPSA) is 64.2 Å². The van der Waals surface area contributed by atoms with Crippen molar-refractivity contribution in [2.24, 2.45) is 5.73 Å². The molecular weight excluding hydrogens is 288 g/mol. The molecule has 2 aromatic rings. The molecule has 2 N–H and O–H groups in total. The third-order valence-corrected chi connectivity index (χ3v) is 4.48. The van der Waals surface area contributed by atoms with Crippen molar-refractivity contribution in [3.05, 3.63) is 53.9 Å². The predicted molar refractivity (Wildman–Crippen MR) is 90.1 cm³/mol. The molecule has 0 spiro atoms. The molecule has 1 fully saturated rings. The first-order valence-electron chi connectivity index (χ1n) is 8.28. The zero-order chi connectivity index (χ0) is 16.2. The van der Waals surface area contributed by atoms with E-state index in [4.69, 9.17) is 5.73 Å². The van der Waals surface area contributed by atoms with Crippen LogP contribution in [0.1, 0.15) is 42.1 Å². The molecule has 2 atom stereocenters. The molecule has 1 amide bonds. The first kappa shape index (κ1) is 15.7. The van der Waals surface area contributed by atoms with Crippen molar-refractivity contribution in [3.8, 4) is 0 Å². The summed E-state index contributed by atoms with van der Waals surface area (Å²) in [5, 5.41) is 4.34. The summed E-state index contributed by atoms with van der Waals surface area (Å²) in [5.74, 6) is 0.0475. The van der Waals surface area contributed by atoms with E-state index < -0.39 is 0 Å². The number of likely N-dealkylation sites (tertiary alicyclic amines) is 1. The Labute approximate surface area is 137 Å². The van der Waals surface area contributed by atoms with Crippen molar-refractivity contribution in [1.82, 2.24) is 14.7 Å². The van der Waals surface area contributed by atoms with Gasteiger partial charge in [-0.25, -0.2) is 0 Å². The van der Waals surface area contributed by atoms with Crippen molar-refractivity contribution in [2.75, 3.05) is 6.54 Å². The summed E-state index contributed by atoms with van der Waals surface area (Å²) in [5.41, 5.74) is 7.88. The Morgan fingerprint density at radius 1 is 1.35 bits per heavy atom. The monoisotopic (exact) mass is 312 g/mol. The second-order valence-electron chi connectivity index (χ2n) is 6.33. The molecule has 1 aliphatic rings. The molecular formula is C18H24N4O. The van der Waals surface area contributed by atoms with Gasteiger partial charge in [-0.15, -0.1) is 0 Å². The Bertz CT molecular complexity index is 650. The van der Waals surface area contributed by atoms with E-state index in [9.17, 15) is 4.79 Å². The smallest absolute Gasteiger partial charge is 0.257 e. The summed E-state index contributed by atoms with van der Waals surface area (Å²) >= 11 is 0. The second kappa shape index (κ2) is 6.96.